The van der Waals surface area contributed by atoms with Crippen LogP contribution in [0.4, 0.5) is 10.9 Å². The van der Waals surface area contributed by atoms with Gasteiger partial charge in [-0.3, -0.25) is 19.8 Å². The molecule has 1 unspecified atom stereocenters. The smallest absolute Gasteiger partial charge is 0.358 e. The highest BCUT2D eigenvalue weighted by molar-refractivity contribution is 7.22. The first-order valence-corrected chi connectivity index (χ1v) is 21.6. The molecule has 0 bridgehead atoms. The molecule has 7 rings (SSSR count). The standard InChI is InChI=1S/C47H55N5O6S/c1-7-56-42(53)29-51-24-20-32(21-25-51)30(2)23-27-57-39-16-11-13-34(31(39)3)35-18-19-41(49-43(35)45(55)58-47(4,5)6)52-26-22-33-12-10-14-36(37(33)28-52)44(54)50-46-48-38-15-8-9-17-40(38)59-46/h8-19,30,32H,7,20-29H2,1-6H3,(H,48,50,54). The van der Waals surface area contributed by atoms with Crippen LogP contribution in [0, 0.1) is 18.8 Å². The summed E-state index contributed by atoms with van der Waals surface area (Å²) in [6, 6.07) is 23.5. The molecular formula is C47H55N5O6S. The van der Waals surface area contributed by atoms with Gasteiger partial charge in [-0.1, -0.05) is 54.7 Å². The van der Waals surface area contributed by atoms with E-state index in [2.05, 4.69) is 33.1 Å². The third-order valence-corrected chi connectivity index (χ3v) is 12.3. The molecule has 1 atom stereocenters. The maximum absolute atomic E-state index is 13.9. The van der Waals surface area contributed by atoms with Crippen molar-refractivity contribution in [2.75, 3.05) is 49.6 Å². The van der Waals surface area contributed by atoms with Crippen molar-refractivity contribution in [2.24, 2.45) is 11.8 Å². The molecule has 3 aromatic carbocycles. The van der Waals surface area contributed by atoms with Crippen molar-refractivity contribution in [3.05, 3.63) is 101 Å². The highest BCUT2D eigenvalue weighted by Gasteiger charge is 2.29. The summed E-state index contributed by atoms with van der Waals surface area (Å²) in [4.78, 5) is 53.5. The number of nitrogens with zero attached hydrogens (tertiary/aromatic N) is 4. The molecule has 4 heterocycles. The molecule has 5 aromatic rings. The minimum absolute atomic E-state index is 0.151. The van der Waals surface area contributed by atoms with Crippen LogP contribution < -0.4 is 15.0 Å². The number of fused-ring (bicyclic) bond motifs is 2. The summed E-state index contributed by atoms with van der Waals surface area (Å²) in [5.41, 5.74) is 5.42. The summed E-state index contributed by atoms with van der Waals surface area (Å²) in [6.07, 6.45) is 3.73. The number of nitrogens with one attached hydrogen (secondary N) is 1. The maximum atomic E-state index is 13.9. The second-order valence-electron chi connectivity index (χ2n) is 16.6. The van der Waals surface area contributed by atoms with E-state index in [-0.39, 0.29) is 17.6 Å². The lowest BCUT2D eigenvalue weighted by molar-refractivity contribution is -0.144. The number of hydrogen-bond donors (Lipinski definition) is 1. The van der Waals surface area contributed by atoms with E-state index < -0.39 is 11.6 Å². The van der Waals surface area contributed by atoms with E-state index in [1.54, 1.807) is 0 Å². The summed E-state index contributed by atoms with van der Waals surface area (Å²) in [7, 11) is 0. The summed E-state index contributed by atoms with van der Waals surface area (Å²) in [5.74, 6) is 1.59. The van der Waals surface area contributed by atoms with Gasteiger partial charge in [-0.05, 0) is 144 Å². The van der Waals surface area contributed by atoms with Gasteiger partial charge < -0.3 is 19.1 Å². The first-order chi connectivity index (χ1) is 28.4. The number of benzene rings is 3. The predicted molar refractivity (Wildman–Crippen MR) is 233 cm³/mol. The predicted octanol–water partition coefficient (Wildman–Crippen LogP) is 9.12. The number of hydrogen-bond acceptors (Lipinski definition) is 11. The van der Waals surface area contributed by atoms with E-state index in [9.17, 15) is 14.4 Å². The van der Waals surface area contributed by atoms with Gasteiger partial charge in [0.1, 0.15) is 17.2 Å². The van der Waals surface area contributed by atoms with Crippen molar-refractivity contribution < 1.29 is 28.6 Å². The molecule has 59 heavy (non-hydrogen) atoms. The number of anilines is 2. The Kier molecular flexibility index (Phi) is 13.0. The van der Waals surface area contributed by atoms with Gasteiger partial charge in [-0.25, -0.2) is 14.8 Å². The molecule has 12 heteroatoms. The molecule has 310 valence electrons. The van der Waals surface area contributed by atoms with Gasteiger partial charge in [0.15, 0.2) is 10.8 Å². The van der Waals surface area contributed by atoms with Crippen molar-refractivity contribution >= 4 is 50.3 Å². The lowest BCUT2D eigenvalue weighted by Gasteiger charge is -2.34. The van der Waals surface area contributed by atoms with Crippen molar-refractivity contribution in [3.63, 3.8) is 0 Å². The molecule has 1 saturated heterocycles. The number of piperidine rings is 1. The van der Waals surface area contributed by atoms with Gasteiger partial charge in [-0.2, -0.15) is 0 Å². The molecule has 0 saturated carbocycles. The molecule has 0 aliphatic carbocycles. The van der Waals surface area contributed by atoms with Crippen LogP contribution in [0.3, 0.4) is 0 Å². The molecule has 1 amide bonds. The molecule has 2 aliphatic heterocycles. The number of pyridine rings is 1. The van der Waals surface area contributed by atoms with E-state index >= 15 is 0 Å². The molecule has 0 radical (unpaired) electrons. The highest BCUT2D eigenvalue weighted by atomic mass is 32.1. The van der Waals surface area contributed by atoms with Crippen LogP contribution in [0.5, 0.6) is 5.75 Å². The van der Waals surface area contributed by atoms with E-state index in [0.29, 0.717) is 73.2 Å². The van der Waals surface area contributed by atoms with Crippen LogP contribution in [0.2, 0.25) is 0 Å². The summed E-state index contributed by atoms with van der Waals surface area (Å²) < 4.78 is 18.5. The van der Waals surface area contributed by atoms with Gasteiger partial charge in [-0.15, -0.1) is 0 Å². The maximum Gasteiger partial charge on any atom is 0.358 e. The third kappa shape index (κ3) is 10.1. The number of carbonyl (C=O) groups is 3. The molecule has 1 N–H and O–H groups in total. The second kappa shape index (κ2) is 18.3. The Hall–Kier alpha value is -5.33. The zero-order valence-electron chi connectivity index (χ0n) is 35.0. The topological polar surface area (TPSA) is 123 Å². The molecule has 1 fully saturated rings. The normalized spacial score (nSPS) is 15.4. The Labute approximate surface area is 351 Å². The van der Waals surface area contributed by atoms with Crippen LogP contribution in [0.25, 0.3) is 21.3 Å². The number of amides is 1. The van der Waals surface area contributed by atoms with E-state index in [1.165, 1.54) is 11.3 Å². The third-order valence-electron chi connectivity index (χ3n) is 11.3. The number of ether oxygens (including phenoxy) is 3. The summed E-state index contributed by atoms with van der Waals surface area (Å²) >= 11 is 1.45. The minimum Gasteiger partial charge on any atom is -0.493 e. The number of esters is 2. The largest absolute Gasteiger partial charge is 0.493 e. The average Bonchev–Trinajstić information content (AvgIpc) is 3.63. The van der Waals surface area contributed by atoms with Crippen LogP contribution >= 0.6 is 11.3 Å². The molecule has 2 aromatic heterocycles. The van der Waals surface area contributed by atoms with Crippen molar-refractivity contribution in [3.8, 4) is 16.9 Å². The van der Waals surface area contributed by atoms with Crippen LogP contribution in [-0.2, 0) is 27.2 Å². The van der Waals surface area contributed by atoms with E-state index in [4.69, 9.17) is 19.2 Å². The zero-order chi connectivity index (χ0) is 41.7. The Bertz CT molecular complexity index is 2280. The SMILES string of the molecule is CCOC(=O)CN1CCC(C(C)CCOc2cccc(-c3ccc(N4CCc5cccc(C(=O)Nc6nc7ccccc7s6)c5C4)nc3C(=O)OC(C)(C)C)c2C)CC1. The first kappa shape index (κ1) is 41.8. The number of para-hydroxylation sites is 1. The fourth-order valence-corrected chi connectivity index (χ4v) is 8.99. The van der Waals surface area contributed by atoms with Crippen LogP contribution in [-0.4, -0.2) is 77.7 Å². The molecule has 2 aliphatic rings. The van der Waals surface area contributed by atoms with Gasteiger partial charge >= 0.3 is 11.9 Å². The number of likely N-dealkylation sites (tertiary alicyclic amines) is 1. The van der Waals surface area contributed by atoms with E-state index in [0.717, 1.165) is 70.6 Å². The number of thiazole rings is 1. The fraction of sp³-hybridized carbons (Fsp3) is 0.426. The minimum atomic E-state index is -0.726. The Morgan fingerprint density at radius 2 is 1.71 bits per heavy atom. The second-order valence-corrected chi connectivity index (χ2v) is 17.6. The van der Waals surface area contributed by atoms with Gasteiger partial charge in [0, 0.05) is 24.2 Å². The van der Waals surface area contributed by atoms with E-state index in [1.807, 2.05) is 101 Å². The number of carbonyl (C=O) groups excluding carboxylic acids is 3. The number of aromatic nitrogens is 2. The van der Waals surface area contributed by atoms with Crippen molar-refractivity contribution in [1.82, 2.24) is 14.9 Å². The van der Waals surface area contributed by atoms with Crippen LogP contribution in [0.1, 0.15) is 91.4 Å². The highest BCUT2D eigenvalue weighted by Crippen LogP contribution is 2.36. The Morgan fingerprint density at radius 3 is 2.47 bits per heavy atom. The van der Waals surface area contributed by atoms with Crippen molar-refractivity contribution in [1.29, 1.82) is 0 Å². The fourth-order valence-electron chi connectivity index (χ4n) is 8.13. The summed E-state index contributed by atoms with van der Waals surface area (Å²) in [5, 5.41) is 3.58. The average molecular weight is 818 g/mol. The van der Waals surface area contributed by atoms with Crippen LogP contribution in [0.15, 0.2) is 72.8 Å². The molecule has 11 nitrogen and oxygen atoms in total. The Balaban J connectivity index is 1.07. The number of rotatable bonds is 13. The monoisotopic (exact) mass is 817 g/mol. The molecule has 0 spiro atoms. The summed E-state index contributed by atoms with van der Waals surface area (Å²) in [6.45, 7) is 16.0. The molecular weight excluding hydrogens is 763 g/mol. The lowest BCUT2D eigenvalue weighted by Crippen LogP contribution is -2.39. The van der Waals surface area contributed by atoms with Gasteiger partial charge in [0.2, 0.25) is 0 Å². The quantitative estimate of drug-likeness (QED) is 0.115. The zero-order valence-corrected chi connectivity index (χ0v) is 35.8. The van der Waals surface area contributed by atoms with Crippen molar-refractivity contribution in [2.45, 2.75) is 79.4 Å². The van der Waals surface area contributed by atoms with Gasteiger partial charge in [0.05, 0.1) is 30.0 Å². The Morgan fingerprint density at radius 1 is 0.932 bits per heavy atom. The first-order valence-electron chi connectivity index (χ1n) is 20.7. The lowest BCUT2D eigenvalue weighted by atomic mass is 9.84. The van der Waals surface area contributed by atoms with Gasteiger partial charge in [0.25, 0.3) is 5.91 Å².